The summed E-state index contributed by atoms with van der Waals surface area (Å²) in [6.07, 6.45) is 0.952. The molecule has 0 saturated heterocycles. The normalized spacial score (nSPS) is 12.6. The maximum atomic E-state index is 10.7. The largest absolute Gasteiger partial charge is 0.480 e. The summed E-state index contributed by atoms with van der Waals surface area (Å²) in [5.74, 6) is -0.818. The van der Waals surface area contributed by atoms with Crippen LogP contribution in [0.3, 0.4) is 0 Å². The van der Waals surface area contributed by atoms with E-state index in [2.05, 4.69) is 16.7 Å². The molecule has 1 atom stereocenters. The summed E-state index contributed by atoms with van der Waals surface area (Å²) >= 11 is 1.72. The van der Waals surface area contributed by atoms with E-state index in [0.29, 0.717) is 6.54 Å². The van der Waals surface area contributed by atoms with E-state index < -0.39 is 12.0 Å². The first-order chi connectivity index (χ1) is 7.24. The summed E-state index contributed by atoms with van der Waals surface area (Å²) in [7, 11) is 1.65. The zero-order valence-electron chi connectivity index (χ0n) is 8.69. The lowest BCUT2D eigenvalue weighted by atomic mass is 10.3. The van der Waals surface area contributed by atoms with Crippen molar-refractivity contribution in [1.29, 1.82) is 0 Å². The number of carboxylic acid groups (broad SMARTS) is 1. The van der Waals surface area contributed by atoms with Crippen LogP contribution in [0.15, 0.2) is 17.5 Å². The minimum Gasteiger partial charge on any atom is -0.480 e. The number of aliphatic carboxylic acids is 1. The molecule has 0 aliphatic rings. The first-order valence-electron chi connectivity index (χ1n) is 4.87. The highest BCUT2D eigenvalue weighted by atomic mass is 32.1. The van der Waals surface area contributed by atoms with Gasteiger partial charge in [-0.2, -0.15) is 0 Å². The van der Waals surface area contributed by atoms with Gasteiger partial charge in [-0.15, -0.1) is 11.3 Å². The first-order valence-corrected chi connectivity index (χ1v) is 5.75. The van der Waals surface area contributed by atoms with Gasteiger partial charge in [0, 0.05) is 18.0 Å². The molecule has 5 heteroatoms. The summed E-state index contributed by atoms with van der Waals surface area (Å²) < 4.78 is 0. The summed E-state index contributed by atoms with van der Waals surface area (Å²) in [6.45, 7) is 1.27. The van der Waals surface area contributed by atoms with Crippen LogP contribution in [0.4, 0.5) is 0 Å². The van der Waals surface area contributed by atoms with E-state index in [-0.39, 0.29) is 0 Å². The summed E-state index contributed by atoms with van der Waals surface area (Å²) in [5.41, 5.74) is 0. The number of rotatable bonds is 7. The highest BCUT2D eigenvalue weighted by molar-refractivity contribution is 7.09. The standard InChI is InChI=1S/C10H16N2O2S/c1-11-9(10(13)14)7-12-5-4-8-3-2-6-15-8/h2-3,6,9,11-12H,4-5,7H2,1H3,(H,13,14). The van der Waals surface area contributed by atoms with Gasteiger partial charge >= 0.3 is 5.97 Å². The summed E-state index contributed by atoms with van der Waals surface area (Å²) in [5, 5.41) is 16.7. The average Bonchev–Trinajstić information content (AvgIpc) is 2.70. The van der Waals surface area contributed by atoms with Crippen LogP contribution >= 0.6 is 11.3 Å². The van der Waals surface area contributed by atoms with Crippen LogP contribution in [-0.4, -0.2) is 37.3 Å². The number of hydrogen-bond acceptors (Lipinski definition) is 4. The molecule has 0 aliphatic carbocycles. The van der Waals surface area contributed by atoms with Crippen molar-refractivity contribution in [3.63, 3.8) is 0 Å². The Morgan fingerprint density at radius 2 is 2.47 bits per heavy atom. The van der Waals surface area contributed by atoms with Gasteiger partial charge in [0.15, 0.2) is 0 Å². The average molecular weight is 228 g/mol. The number of hydrogen-bond donors (Lipinski definition) is 3. The van der Waals surface area contributed by atoms with Crippen molar-refractivity contribution in [2.75, 3.05) is 20.1 Å². The zero-order valence-corrected chi connectivity index (χ0v) is 9.51. The highest BCUT2D eigenvalue weighted by Crippen LogP contribution is 2.07. The molecular weight excluding hydrogens is 212 g/mol. The van der Waals surface area contributed by atoms with Crippen molar-refractivity contribution in [1.82, 2.24) is 10.6 Å². The predicted molar refractivity (Wildman–Crippen MR) is 61.4 cm³/mol. The minimum atomic E-state index is -0.818. The van der Waals surface area contributed by atoms with Crippen molar-refractivity contribution in [2.45, 2.75) is 12.5 Å². The Morgan fingerprint density at radius 3 is 3.00 bits per heavy atom. The molecule has 3 N–H and O–H groups in total. The van der Waals surface area contributed by atoms with Gasteiger partial charge in [-0.3, -0.25) is 4.79 Å². The molecule has 0 amide bonds. The van der Waals surface area contributed by atoms with Crippen LogP contribution in [0.2, 0.25) is 0 Å². The molecule has 1 aromatic heterocycles. The van der Waals surface area contributed by atoms with E-state index in [9.17, 15) is 4.79 Å². The highest BCUT2D eigenvalue weighted by Gasteiger charge is 2.13. The monoisotopic (exact) mass is 228 g/mol. The van der Waals surface area contributed by atoms with E-state index in [0.717, 1.165) is 13.0 Å². The topological polar surface area (TPSA) is 61.4 Å². The van der Waals surface area contributed by atoms with Gasteiger partial charge < -0.3 is 15.7 Å². The molecule has 0 radical (unpaired) electrons. The number of nitrogens with one attached hydrogen (secondary N) is 2. The third-order valence-electron chi connectivity index (χ3n) is 2.12. The van der Waals surface area contributed by atoms with Gasteiger partial charge in [0.05, 0.1) is 0 Å². The van der Waals surface area contributed by atoms with Crippen molar-refractivity contribution < 1.29 is 9.90 Å². The van der Waals surface area contributed by atoms with E-state index in [1.807, 2.05) is 11.4 Å². The second kappa shape index (κ2) is 6.55. The van der Waals surface area contributed by atoms with Crippen LogP contribution in [0.25, 0.3) is 0 Å². The molecular formula is C10H16N2O2S. The maximum absolute atomic E-state index is 10.7. The second-order valence-corrected chi connectivity index (χ2v) is 4.25. The van der Waals surface area contributed by atoms with Gasteiger partial charge in [0.25, 0.3) is 0 Å². The van der Waals surface area contributed by atoms with Gasteiger partial charge in [-0.05, 0) is 24.9 Å². The molecule has 0 aliphatic heterocycles. The molecule has 1 unspecified atom stereocenters. The maximum Gasteiger partial charge on any atom is 0.322 e. The Hall–Kier alpha value is -0.910. The molecule has 0 fully saturated rings. The SMILES string of the molecule is CNC(CNCCc1cccs1)C(=O)O. The Bertz CT molecular complexity index is 288. The lowest BCUT2D eigenvalue weighted by Gasteiger charge is -2.11. The predicted octanol–water partition coefficient (Wildman–Crippen LogP) is 0.553. The third kappa shape index (κ3) is 4.42. The number of carboxylic acids is 1. The molecule has 1 heterocycles. The molecule has 1 rings (SSSR count). The van der Waals surface area contributed by atoms with E-state index >= 15 is 0 Å². The molecule has 4 nitrogen and oxygen atoms in total. The van der Waals surface area contributed by atoms with E-state index in [4.69, 9.17) is 5.11 Å². The Kier molecular flexibility index (Phi) is 5.31. The molecule has 1 aromatic rings. The summed E-state index contributed by atoms with van der Waals surface area (Å²) in [6, 6.07) is 3.60. The number of thiophene rings is 1. The van der Waals surface area contributed by atoms with Gasteiger partial charge in [0.1, 0.15) is 6.04 Å². The summed E-state index contributed by atoms with van der Waals surface area (Å²) in [4.78, 5) is 12.0. The quantitative estimate of drug-likeness (QED) is 0.597. The Morgan fingerprint density at radius 1 is 1.67 bits per heavy atom. The molecule has 0 spiro atoms. The third-order valence-corrected chi connectivity index (χ3v) is 3.06. The van der Waals surface area contributed by atoms with Crippen molar-refractivity contribution in [3.8, 4) is 0 Å². The molecule has 15 heavy (non-hydrogen) atoms. The van der Waals surface area contributed by atoms with Crippen molar-refractivity contribution >= 4 is 17.3 Å². The second-order valence-electron chi connectivity index (χ2n) is 3.21. The van der Waals surface area contributed by atoms with E-state index in [1.165, 1.54) is 4.88 Å². The van der Waals surface area contributed by atoms with Crippen molar-refractivity contribution in [2.24, 2.45) is 0 Å². The fraction of sp³-hybridized carbons (Fsp3) is 0.500. The van der Waals surface area contributed by atoms with Crippen LogP contribution in [0.5, 0.6) is 0 Å². The van der Waals surface area contributed by atoms with Gasteiger partial charge in [-0.1, -0.05) is 6.07 Å². The molecule has 0 saturated carbocycles. The number of likely N-dealkylation sites (N-methyl/N-ethyl adjacent to an activating group) is 1. The van der Waals surface area contributed by atoms with Gasteiger partial charge in [-0.25, -0.2) is 0 Å². The number of carbonyl (C=O) groups is 1. The Labute approximate surface area is 93.3 Å². The Balaban J connectivity index is 2.13. The van der Waals surface area contributed by atoms with E-state index in [1.54, 1.807) is 18.4 Å². The fourth-order valence-electron chi connectivity index (χ4n) is 1.23. The first kappa shape index (κ1) is 12.2. The van der Waals surface area contributed by atoms with Crippen molar-refractivity contribution in [3.05, 3.63) is 22.4 Å². The lowest BCUT2D eigenvalue weighted by Crippen LogP contribution is -2.43. The molecule has 84 valence electrons. The van der Waals surface area contributed by atoms with Crippen LogP contribution in [0, 0.1) is 0 Å². The van der Waals surface area contributed by atoms with Crippen LogP contribution in [0.1, 0.15) is 4.88 Å². The lowest BCUT2D eigenvalue weighted by molar-refractivity contribution is -0.139. The smallest absolute Gasteiger partial charge is 0.322 e. The van der Waals surface area contributed by atoms with Crippen LogP contribution in [-0.2, 0) is 11.2 Å². The molecule has 0 bridgehead atoms. The zero-order chi connectivity index (χ0) is 11.1. The minimum absolute atomic E-state index is 0.456. The van der Waals surface area contributed by atoms with Gasteiger partial charge in [0.2, 0.25) is 0 Å². The van der Waals surface area contributed by atoms with Crippen LogP contribution < -0.4 is 10.6 Å². The fourth-order valence-corrected chi connectivity index (χ4v) is 1.93. The molecule has 0 aromatic carbocycles.